The molecule has 3 aromatic rings. The number of fused-ring (bicyclic) bond motifs is 1. The zero-order valence-corrected chi connectivity index (χ0v) is 16.2. The van der Waals surface area contributed by atoms with Crippen molar-refractivity contribution < 1.29 is 9.47 Å². The van der Waals surface area contributed by atoms with Crippen molar-refractivity contribution in [1.29, 1.82) is 0 Å². The van der Waals surface area contributed by atoms with E-state index in [0.29, 0.717) is 5.02 Å². The molecular formula is C20H21ClN4O2. The van der Waals surface area contributed by atoms with Gasteiger partial charge in [0.05, 0.1) is 17.4 Å². The van der Waals surface area contributed by atoms with Gasteiger partial charge in [-0.15, -0.1) is 5.10 Å². The van der Waals surface area contributed by atoms with Crippen molar-refractivity contribution in [3.8, 4) is 17.2 Å². The van der Waals surface area contributed by atoms with Gasteiger partial charge in [-0.05, 0) is 56.7 Å². The molecule has 0 fully saturated rings. The molecule has 1 aromatic heterocycles. The maximum Gasteiger partial charge on any atom is 0.231 e. The summed E-state index contributed by atoms with van der Waals surface area (Å²) in [6, 6.07) is 13.7. The maximum absolute atomic E-state index is 6.10. The number of rotatable bonds is 5. The fourth-order valence-corrected chi connectivity index (χ4v) is 3.51. The van der Waals surface area contributed by atoms with Gasteiger partial charge in [0.25, 0.3) is 0 Å². The van der Waals surface area contributed by atoms with Crippen molar-refractivity contribution in [3.05, 3.63) is 64.4 Å². The monoisotopic (exact) mass is 384 g/mol. The molecule has 0 unspecified atom stereocenters. The number of nitrogens with zero attached hydrogens (tertiary/aromatic N) is 3. The molecule has 1 N–H and O–H groups in total. The summed E-state index contributed by atoms with van der Waals surface area (Å²) < 4.78 is 12.7. The number of nitrogens with one attached hydrogen (secondary N) is 1. The van der Waals surface area contributed by atoms with Gasteiger partial charge < -0.3 is 14.8 Å². The van der Waals surface area contributed by atoms with Crippen molar-refractivity contribution in [3.63, 3.8) is 0 Å². The number of benzene rings is 2. The number of halogens is 1. The quantitative estimate of drug-likeness (QED) is 0.707. The minimum absolute atomic E-state index is 0.0263. The fraction of sp³-hybridized carbons (Fsp3) is 0.300. The van der Waals surface area contributed by atoms with Crippen LogP contribution < -0.4 is 14.8 Å². The molecule has 0 amide bonds. The number of hydrogen-bond donors (Lipinski definition) is 1. The summed E-state index contributed by atoms with van der Waals surface area (Å²) in [6.07, 6.45) is 0. The van der Waals surface area contributed by atoms with E-state index < -0.39 is 0 Å². The molecule has 1 aliphatic heterocycles. The first-order chi connectivity index (χ1) is 13.0. The summed E-state index contributed by atoms with van der Waals surface area (Å²) in [5, 5.41) is 13.0. The summed E-state index contributed by atoms with van der Waals surface area (Å²) in [5.74, 6) is 1.58. The van der Waals surface area contributed by atoms with E-state index in [-0.39, 0.29) is 18.9 Å². The molecular weight excluding hydrogens is 364 g/mol. The predicted molar refractivity (Wildman–Crippen MR) is 104 cm³/mol. The Balaban J connectivity index is 1.52. The van der Waals surface area contributed by atoms with Crippen LogP contribution in [0.5, 0.6) is 11.5 Å². The fourth-order valence-electron chi connectivity index (χ4n) is 3.33. The summed E-state index contributed by atoms with van der Waals surface area (Å²) >= 11 is 6.10. The van der Waals surface area contributed by atoms with Crippen molar-refractivity contribution in [1.82, 2.24) is 20.3 Å². The largest absolute Gasteiger partial charge is 0.454 e. The lowest BCUT2D eigenvalue weighted by molar-refractivity contribution is 0.174. The van der Waals surface area contributed by atoms with E-state index >= 15 is 0 Å². The Morgan fingerprint density at radius 3 is 2.70 bits per heavy atom. The molecule has 2 aromatic carbocycles. The Bertz CT molecular complexity index is 972. The Morgan fingerprint density at radius 1 is 1.07 bits per heavy atom. The van der Waals surface area contributed by atoms with Crippen LogP contribution in [0.2, 0.25) is 5.02 Å². The van der Waals surface area contributed by atoms with Gasteiger partial charge in [-0.3, -0.25) is 0 Å². The second kappa shape index (κ2) is 7.21. The highest BCUT2D eigenvalue weighted by Crippen LogP contribution is 2.34. The van der Waals surface area contributed by atoms with Gasteiger partial charge in [0.1, 0.15) is 5.69 Å². The van der Waals surface area contributed by atoms with Crippen molar-refractivity contribution >= 4 is 11.6 Å². The summed E-state index contributed by atoms with van der Waals surface area (Å²) in [5.41, 5.74) is 3.92. The van der Waals surface area contributed by atoms with Gasteiger partial charge >= 0.3 is 0 Å². The number of hydrogen-bond acceptors (Lipinski definition) is 5. The third kappa shape index (κ3) is 3.50. The standard InChI is InChI=1S/C20H21ClN4O2/c1-12(15-7-8-18-19(9-15)27-11-26-18)22-13(2)20-14(3)25(24-23-20)17-6-4-5-16(21)10-17/h4-10,12-13,22H,11H2,1-3H3/t12-,13-/m0/s1. The normalized spacial score (nSPS) is 15.0. The topological polar surface area (TPSA) is 61.2 Å². The highest BCUT2D eigenvalue weighted by Gasteiger charge is 2.20. The second-order valence-electron chi connectivity index (χ2n) is 6.67. The van der Waals surface area contributed by atoms with Crippen molar-refractivity contribution in [2.75, 3.05) is 6.79 Å². The molecule has 4 rings (SSSR count). The van der Waals surface area contributed by atoms with Crippen LogP contribution in [0.3, 0.4) is 0 Å². The maximum atomic E-state index is 6.10. The van der Waals surface area contributed by atoms with E-state index in [2.05, 4.69) is 29.5 Å². The molecule has 0 radical (unpaired) electrons. The summed E-state index contributed by atoms with van der Waals surface area (Å²) in [4.78, 5) is 0. The molecule has 7 heteroatoms. The lowest BCUT2D eigenvalue weighted by Gasteiger charge is -2.20. The van der Waals surface area contributed by atoms with Crippen LogP contribution in [0.15, 0.2) is 42.5 Å². The van der Waals surface area contributed by atoms with Crippen LogP contribution in [-0.4, -0.2) is 21.8 Å². The molecule has 140 valence electrons. The van der Waals surface area contributed by atoms with E-state index in [9.17, 15) is 0 Å². The zero-order chi connectivity index (χ0) is 19.0. The number of ether oxygens (including phenoxy) is 2. The summed E-state index contributed by atoms with van der Waals surface area (Å²) in [7, 11) is 0. The van der Waals surface area contributed by atoms with Crippen LogP contribution in [0.25, 0.3) is 5.69 Å². The third-order valence-corrected chi connectivity index (χ3v) is 5.02. The van der Waals surface area contributed by atoms with Crippen molar-refractivity contribution in [2.24, 2.45) is 0 Å². The summed E-state index contributed by atoms with van der Waals surface area (Å²) in [6.45, 7) is 6.50. The van der Waals surface area contributed by atoms with Gasteiger partial charge in [0.2, 0.25) is 6.79 Å². The average molecular weight is 385 g/mol. The average Bonchev–Trinajstić information content (AvgIpc) is 3.27. The molecule has 0 bridgehead atoms. The molecule has 0 spiro atoms. The van der Waals surface area contributed by atoms with Crippen LogP contribution in [0.1, 0.15) is 42.9 Å². The van der Waals surface area contributed by atoms with Gasteiger partial charge in [-0.1, -0.05) is 28.9 Å². The van der Waals surface area contributed by atoms with E-state index in [1.165, 1.54) is 0 Å². The molecule has 2 heterocycles. The first kappa shape index (κ1) is 17.8. The molecule has 0 saturated carbocycles. The predicted octanol–water partition coefficient (Wildman–Crippen LogP) is 4.37. The molecule has 6 nitrogen and oxygen atoms in total. The Morgan fingerprint density at radius 2 is 1.89 bits per heavy atom. The first-order valence-corrected chi connectivity index (χ1v) is 9.24. The number of aromatic nitrogens is 3. The molecule has 1 aliphatic rings. The van der Waals surface area contributed by atoms with Gasteiger partial charge in [0.15, 0.2) is 11.5 Å². The molecule has 0 aliphatic carbocycles. The Kier molecular flexibility index (Phi) is 4.76. The molecule has 2 atom stereocenters. The minimum atomic E-state index is 0.0263. The second-order valence-corrected chi connectivity index (χ2v) is 7.11. The van der Waals surface area contributed by atoms with Gasteiger partial charge in [-0.2, -0.15) is 0 Å². The minimum Gasteiger partial charge on any atom is -0.454 e. The van der Waals surface area contributed by atoms with Crippen LogP contribution >= 0.6 is 11.6 Å². The highest BCUT2D eigenvalue weighted by molar-refractivity contribution is 6.30. The van der Waals surface area contributed by atoms with Crippen molar-refractivity contribution in [2.45, 2.75) is 32.9 Å². The van der Waals surface area contributed by atoms with Crippen LogP contribution in [0, 0.1) is 6.92 Å². The molecule has 0 saturated heterocycles. The SMILES string of the molecule is Cc1c([C@H](C)N[C@@H](C)c2ccc3c(c2)OCO3)nnn1-c1cccc(Cl)c1. The third-order valence-electron chi connectivity index (χ3n) is 4.79. The van der Waals surface area contributed by atoms with E-state index in [1.54, 1.807) is 0 Å². The van der Waals surface area contributed by atoms with E-state index in [1.807, 2.05) is 54.1 Å². The van der Waals surface area contributed by atoms with E-state index in [4.69, 9.17) is 21.1 Å². The Labute approximate surface area is 163 Å². The van der Waals surface area contributed by atoms with Crippen LogP contribution in [0.4, 0.5) is 0 Å². The van der Waals surface area contributed by atoms with Gasteiger partial charge in [-0.25, -0.2) is 4.68 Å². The van der Waals surface area contributed by atoms with Gasteiger partial charge in [0, 0.05) is 11.1 Å². The zero-order valence-electron chi connectivity index (χ0n) is 15.4. The lowest BCUT2D eigenvalue weighted by Crippen LogP contribution is -2.23. The van der Waals surface area contributed by atoms with Crippen LogP contribution in [-0.2, 0) is 0 Å². The first-order valence-electron chi connectivity index (χ1n) is 8.86. The lowest BCUT2D eigenvalue weighted by atomic mass is 10.1. The Hall–Kier alpha value is -2.57. The molecule has 27 heavy (non-hydrogen) atoms. The highest BCUT2D eigenvalue weighted by atomic mass is 35.5. The smallest absolute Gasteiger partial charge is 0.231 e. The van der Waals surface area contributed by atoms with E-state index in [0.717, 1.165) is 34.1 Å².